The minimum Gasteiger partial charge on any atom is -0.344 e. The molecule has 0 spiro atoms. The summed E-state index contributed by atoms with van der Waals surface area (Å²) in [7, 11) is -2.92. The number of nitrogens with two attached hydrogens (primary N) is 1. The molecule has 0 amide bonds. The zero-order valence-corrected chi connectivity index (χ0v) is 8.34. The Balaban J connectivity index is 4.02. The summed E-state index contributed by atoms with van der Waals surface area (Å²) >= 11 is 0. The second kappa shape index (κ2) is 4.24. The quantitative estimate of drug-likeness (QED) is 0.638. The van der Waals surface area contributed by atoms with Crippen LogP contribution in [0.4, 0.5) is 0 Å². The third-order valence-corrected chi connectivity index (χ3v) is 4.54. The summed E-state index contributed by atoms with van der Waals surface area (Å²) in [4.78, 5) is 9.39. The highest BCUT2D eigenvalue weighted by molar-refractivity contribution is 7.58. The van der Waals surface area contributed by atoms with Crippen LogP contribution in [0, 0.1) is 5.92 Å². The Labute approximate surface area is 68.4 Å². The molecule has 0 saturated carbocycles. The van der Waals surface area contributed by atoms with E-state index in [1.807, 2.05) is 6.92 Å². The van der Waals surface area contributed by atoms with Crippen LogP contribution in [-0.4, -0.2) is 23.3 Å². The average Bonchev–Trinajstić information content (AvgIpc) is 1.86. The number of hydrogen-bond acceptors (Lipinski definition) is 2. The first kappa shape index (κ1) is 11.2. The van der Waals surface area contributed by atoms with Crippen molar-refractivity contribution >= 4 is 7.37 Å². The van der Waals surface area contributed by atoms with Gasteiger partial charge in [0, 0.05) is 11.8 Å². The van der Waals surface area contributed by atoms with Gasteiger partial charge >= 0.3 is 0 Å². The van der Waals surface area contributed by atoms with Crippen molar-refractivity contribution in [3.05, 3.63) is 0 Å². The molecule has 0 aromatic carbocycles. The van der Waals surface area contributed by atoms with Crippen molar-refractivity contribution in [1.29, 1.82) is 0 Å². The van der Waals surface area contributed by atoms with Crippen molar-refractivity contribution in [3.63, 3.8) is 0 Å². The fourth-order valence-corrected chi connectivity index (χ4v) is 2.20. The predicted octanol–water partition coefficient (Wildman–Crippen LogP) is 1.26. The van der Waals surface area contributed by atoms with Crippen molar-refractivity contribution in [2.24, 2.45) is 11.7 Å². The standard InChI is InChI=1S/C7H18NO2P/c1-6(2)11(9,10)5-7(3)4-8/h6-7H,4-5,8H2,1-3H3,(H,9,10). The molecule has 0 fully saturated rings. The molecule has 0 aliphatic heterocycles. The minimum absolute atomic E-state index is 0.142. The lowest BCUT2D eigenvalue weighted by Crippen LogP contribution is -2.17. The minimum atomic E-state index is -2.92. The van der Waals surface area contributed by atoms with Gasteiger partial charge in [0.15, 0.2) is 0 Å². The topological polar surface area (TPSA) is 63.3 Å². The highest BCUT2D eigenvalue weighted by atomic mass is 31.2. The van der Waals surface area contributed by atoms with Crippen molar-refractivity contribution in [2.75, 3.05) is 12.7 Å². The van der Waals surface area contributed by atoms with Crippen LogP contribution in [-0.2, 0) is 4.57 Å². The molecule has 0 aliphatic carbocycles. The third kappa shape index (κ3) is 3.90. The highest BCUT2D eigenvalue weighted by Crippen LogP contribution is 2.47. The summed E-state index contributed by atoms with van der Waals surface area (Å²) in [5, 5.41) is 0. The van der Waals surface area contributed by atoms with E-state index in [1.54, 1.807) is 13.8 Å². The van der Waals surface area contributed by atoms with E-state index in [-0.39, 0.29) is 11.6 Å². The van der Waals surface area contributed by atoms with Crippen LogP contribution in [0.15, 0.2) is 0 Å². The maximum atomic E-state index is 11.4. The summed E-state index contributed by atoms with van der Waals surface area (Å²) < 4.78 is 11.4. The van der Waals surface area contributed by atoms with E-state index in [9.17, 15) is 9.46 Å². The first-order valence-electron chi connectivity index (χ1n) is 3.91. The van der Waals surface area contributed by atoms with E-state index in [0.717, 1.165) is 0 Å². The third-order valence-electron chi connectivity index (χ3n) is 1.78. The number of hydrogen-bond donors (Lipinski definition) is 2. The van der Waals surface area contributed by atoms with Gasteiger partial charge in [-0.05, 0) is 12.5 Å². The Bertz CT molecular complexity index is 159. The van der Waals surface area contributed by atoms with Crippen LogP contribution < -0.4 is 5.73 Å². The summed E-state index contributed by atoms with van der Waals surface area (Å²) in [6.45, 7) is 5.91. The largest absolute Gasteiger partial charge is 0.344 e. The van der Waals surface area contributed by atoms with Crippen molar-refractivity contribution in [2.45, 2.75) is 26.4 Å². The fraction of sp³-hybridized carbons (Fsp3) is 1.00. The molecule has 11 heavy (non-hydrogen) atoms. The molecule has 2 atom stereocenters. The van der Waals surface area contributed by atoms with Gasteiger partial charge in [-0.25, -0.2) is 0 Å². The van der Waals surface area contributed by atoms with Crippen molar-refractivity contribution < 1.29 is 9.46 Å². The van der Waals surface area contributed by atoms with Gasteiger partial charge in [0.25, 0.3) is 0 Å². The monoisotopic (exact) mass is 179 g/mol. The fourth-order valence-electron chi connectivity index (χ4n) is 0.732. The maximum absolute atomic E-state index is 11.4. The smallest absolute Gasteiger partial charge is 0.203 e. The maximum Gasteiger partial charge on any atom is 0.203 e. The lowest BCUT2D eigenvalue weighted by Gasteiger charge is -2.18. The highest BCUT2D eigenvalue weighted by Gasteiger charge is 2.24. The molecule has 0 radical (unpaired) electrons. The van der Waals surface area contributed by atoms with E-state index in [1.165, 1.54) is 0 Å². The van der Waals surface area contributed by atoms with Crippen LogP contribution in [0.25, 0.3) is 0 Å². The summed E-state index contributed by atoms with van der Waals surface area (Å²) in [6.07, 6.45) is 0.348. The van der Waals surface area contributed by atoms with Crippen molar-refractivity contribution in [3.8, 4) is 0 Å². The molecule has 0 aromatic rings. The molecule has 3 N–H and O–H groups in total. The van der Waals surface area contributed by atoms with E-state index in [2.05, 4.69) is 0 Å². The molecule has 3 nitrogen and oxygen atoms in total. The molecular weight excluding hydrogens is 161 g/mol. The molecule has 2 unspecified atom stereocenters. The molecule has 68 valence electrons. The van der Waals surface area contributed by atoms with Crippen molar-refractivity contribution in [1.82, 2.24) is 0 Å². The van der Waals surface area contributed by atoms with Gasteiger partial charge in [-0.15, -0.1) is 0 Å². The Kier molecular flexibility index (Phi) is 4.30. The van der Waals surface area contributed by atoms with Gasteiger partial charge in [-0.1, -0.05) is 20.8 Å². The molecule has 0 saturated heterocycles. The lowest BCUT2D eigenvalue weighted by molar-refractivity contribution is 0.456. The number of rotatable bonds is 4. The zero-order valence-electron chi connectivity index (χ0n) is 7.45. The van der Waals surface area contributed by atoms with E-state index in [0.29, 0.717) is 12.7 Å². The Hall–Kier alpha value is 0.150. The van der Waals surface area contributed by atoms with E-state index in [4.69, 9.17) is 5.73 Å². The van der Waals surface area contributed by atoms with Gasteiger partial charge in [0.1, 0.15) is 0 Å². The molecule has 0 bridgehead atoms. The first-order chi connectivity index (χ1) is 4.90. The van der Waals surface area contributed by atoms with E-state index >= 15 is 0 Å². The van der Waals surface area contributed by atoms with Gasteiger partial charge in [-0.3, -0.25) is 4.57 Å². The summed E-state index contributed by atoms with van der Waals surface area (Å²) in [5.74, 6) is 0.147. The van der Waals surface area contributed by atoms with Gasteiger partial charge in [0.05, 0.1) is 0 Å². The molecule has 0 rings (SSSR count). The lowest BCUT2D eigenvalue weighted by atomic mass is 10.2. The molecule has 0 heterocycles. The average molecular weight is 179 g/mol. The molecule has 0 aliphatic rings. The van der Waals surface area contributed by atoms with Crippen LogP contribution in [0.3, 0.4) is 0 Å². The Morgan fingerprint density at radius 1 is 1.45 bits per heavy atom. The Morgan fingerprint density at radius 2 is 1.91 bits per heavy atom. The van der Waals surface area contributed by atoms with Crippen LogP contribution in [0.1, 0.15) is 20.8 Å². The van der Waals surface area contributed by atoms with Crippen LogP contribution in [0.5, 0.6) is 0 Å². The van der Waals surface area contributed by atoms with Gasteiger partial charge in [-0.2, -0.15) is 0 Å². The Morgan fingerprint density at radius 3 is 2.18 bits per heavy atom. The van der Waals surface area contributed by atoms with Crippen LogP contribution in [0.2, 0.25) is 0 Å². The van der Waals surface area contributed by atoms with Crippen LogP contribution >= 0.6 is 7.37 Å². The molecular formula is C7H18NO2P. The van der Waals surface area contributed by atoms with Gasteiger partial charge in [0.2, 0.25) is 7.37 Å². The predicted molar refractivity (Wildman–Crippen MR) is 48.0 cm³/mol. The SMILES string of the molecule is CC(CN)CP(=O)(O)C(C)C. The summed E-state index contributed by atoms with van der Waals surface area (Å²) in [6, 6.07) is 0. The second-order valence-electron chi connectivity index (χ2n) is 3.37. The van der Waals surface area contributed by atoms with Gasteiger partial charge < -0.3 is 10.6 Å². The zero-order chi connectivity index (χ0) is 9.07. The second-order valence-corrected chi connectivity index (χ2v) is 6.28. The molecule has 4 heteroatoms. The van der Waals surface area contributed by atoms with E-state index < -0.39 is 7.37 Å². The first-order valence-corrected chi connectivity index (χ1v) is 5.83. The molecule has 0 aromatic heterocycles. The normalized spacial score (nSPS) is 19.8. The summed E-state index contributed by atoms with van der Waals surface area (Å²) in [5.41, 5.74) is 5.21.